The van der Waals surface area contributed by atoms with E-state index in [1.54, 1.807) is 20.5 Å². The molecule has 0 aliphatic heterocycles. The molecule has 28 heavy (non-hydrogen) atoms. The Morgan fingerprint density at radius 3 is 2.54 bits per heavy atom. The van der Waals surface area contributed by atoms with Crippen LogP contribution in [0.4, 0.5) is 0 Å². The van der Waals surface area contributed by atoms with E-state index in [9.17, 15) is 0 Å². The second-order valence-electron chi connectivity index (χ2n) is 6.43. The van der Waals surface area contributed by atoms with Crippen molar-refractivity contribution in [2.45, 2.75) is 25.9 Å². The first-order valence-corrected chi connectivity index (χ1v) is 9.20. The fourth-order valence-corrected chi connectivity index (χ4v) is 2.87. The number of likely N-dealkylation sites (N-methyl/N-ethyl adjacent to an activating group) is 1. The molecule has 1 aromatic carbocycles. The molecule has 0 aliphatic rings. The third kappa shape index (κ3) is 6.93. The van der Waals surface area contributed by atoms with Gasteiger partial charge in [-0.2, -0.15) is 0 Å². The Labute approximate surface area is 184 Å². The van der Waals surface area contributed by atoms with Crippen LogP contribution in [-0.2, 0) is 13.0 Å². The van der Waals surface area contributed by atoms with Crippen molar-refractivity contribution in [3.05, 3.63) is 42.0 Å². The topological polar surface area (TPSA) is 79.6 Å². The number of benzene rings is 1. The van der Waals surface area contributed by atoms with Crippen LogP contribution in [0.25, 0.3) is 0 Å². The standard InChI is InChI=1S/C19H31N7O.HI/c1-6-18-24-23-14-26(18)12-11-21-19(20-2)22-13-17(25(3)4)15-7-9-16(27-5)10-8-15;/h7-10,14,17H,6,11-13H2,1-5H3,(H2,20,21,22);1H. The molecular formula is C19H32IN7O. The van der Waals surface area contributed by atoms with Crippen LogP contribution in [-0.4, -0.2) is 67.0 Å². The fourth-order valence-electron chi connectivity index (χ4n) is 2.87. The van der Waals surface area contributed by atoms with Crippen LogP contribution in [0, 0.1) is 0 Å². The first kappa shape index (κ1) is 24.2. The second-order valence-corrected chi connectivity index (χ2v) is 6.43. The molecule has 1 unspecified atom stereocenters. The van der Waals surface area contributed by atoms with Gasteiger partial charge < -0.3 is 24.8 Å². The number of methoxy groups -OCH3 is 1. The van der Waals surface area contributed by atoms with Crippen LogP contribution < -0.4 is 15.4 Å². The Bertz CT molecular complexity index is 715. The Morgan fingerprint density at radius 2 is 1.96 bits per heavy atom. The van der Waals surface area contributed by atoms with E-state index in [1.807, 2.05) is 12.1 Å². The Kier molecular flexibility index (Phi) is 10.8. The smallest absolute Gasteiger partial charge is 0.191 e. The van der Waals surface area contributed by atoms with Gasteiger partial charge in [0.05, 0.1) is 13.2 Å². The zero-order valence-electron chi connectivity index (χ0n) is 17.3. The lowest BCUT2D eigenvalue weighted by atomic mass is 10.1. The van der Waals surface area contributed by atoms with Crippen LogP contribution in [0.3, 0.4) is 0 Å². The number of halogens is 1. The third-order valence-corrected chi connectivity index (χ3v) is 4.47. The molecule has 0 aliphatic carbocycles. The summed E-state index contributed by atoms with van der Waals surface area (Å²) in [5.41, 5.74) is 1.22. The average molecular weight is 501 g/mol. The van der Waals surface area contributed by atoms with Crippen molar-refractivity contribution < 1.29 is 4.74 Å². The predicted octanol–water partition coefficient (Wildman–Crippen LogP) is 1.94. The summed E-state index contributed by atoms with van der Waals surface area (Å²) in [5.74, 6) is 2.63. The number of ether oxygens (including phenoxy) is 1. The third-order valence-electron chi connectivity index (χ3n) is 4.47. The normalized spacial score (nSPS) is 12.4. The number of hydrogen-bond donors (Lipinski definition) is 2. The molecule has 1 atom stereocenters. The number of rotatable bonds is 9. The van der Waals surface area contributed by atoms with E-state index in [4.69, 9.17) is 4.74 Å². The van der Waals surface area contributed by atoms with Gasteiger partial charge in [0, 0.05) is 33.1 Å². The Hall–Kier alpha value is -1.88. The maximum Gasteiger partial charge on any atom is 0.191 e. The highest BCUT2D eigenvalue weighted by Crippen LogP contribution is 2.20. The first-order valence-electron chi connectivity index (χ1n) is 9.20. The van der Waals surface area contributed by atoms with Gasteiger partial charge in [-0.25, -0.2) is 0 Å². The van der Waals surface area contributed by atoms with Crippen LogP contribution in [0.2, 0.25) is 0 Å². The van der Waals surface area contributed by atoms with E-state index in [0.717, 1.165) is 43.6 Å². The van der Waals surface area contributed by atoms with E-state index in [2.05, 4.69) is 68.4 Å². The lowest BCUT2D eigenvalue weighted by Gasteiger charge is -2.26. The van der Waals surface area contributed by atoms with E-state index in [0.29, 0.717) is 0 Å². The average Bonchev–Trinajstić information content (AvgIpc) is 3.14. The number of hydrogen-bond acceptors (Lipinski definition) is 5. The van der Waals surface area contributed by atoms with Crippen molar-refractivity contribution in [3.63, 3.8) is 0 Å². The number of aliphatic imine (C=N–C) groups is 1. The van der Waals surface area contributed by atoms with Gasteiger partial charge in [-0.3, -0.25) is 4.99 Å². The van der Waals surface area contributed by atoms with Crippen molar-refractivity contribution in [2.24, 2.45) is 4.99 Å². The van der Waals surface area contributed by atoms with Crippen molar-refractivity contribution >= 4 is 29.9 Å². The molecule has 8 nitrogen and oxygen atoms in total. The van der Waals surface area contributed by atoms with E-state index in [1.165, 1.54) is 5.56 Å². The highest BCUT2D eigenvalue weighted by molar-refractivity contribution is 14.0. The first-order chi connectivity index (χ1) is 13.1. The minimum Gasteiger partial charge on any atom is -0.497 e. The molecule has 0 saturated carbocycles. The highest BCUT2D eigenvalue weighted by Gasteiger charge is 2.15. The van der Waals surface area contributed by atoms with Crippen LogP contribution in [0.1, 0.15) is 24.4 Å². The van der Waals surface area contributed by atoms with Crippen LogP contribution in [0.5, 0.6) is 5.75 Å². The van der Waals surface area contributed by atoms with E-state index < -0.39 is 0 Å². The largest absolute Gasteiger partial charge is 0.497 e. The summed E-state index contributed by atoms with van der Waals surface area (Å²) in [6.07, 6.45) is 2.64. The van der Waals surface area contributed by atoms with Crippen LogP contribution in [0.15, 0.2) is 35.6 Å². The SMILES string of the molecule is CCc1nncn1CCNC(=NC)NCC(c1ccc(OC)cc1)N(C)C.I. The van der Waals surface area contributed by atoms with Gasteiger partial charge in [-0.1, -0.05) is 19.1 Å². The maximum atomic E-state index is 5.25. The van der Waals surface area contributed by atoms with Gasteiger partial charge in [0.1, 0.15) is 17.9 Å². The summed E-state index contributed by atoms with van der Waals surface area (Å²) < 4.78 is 7.30. The van der Waals surface area contributed by atoms with Gasteiger partial charge in [-0.15, -0.1) is 34.2 Å². The zero-order valence-corrected chi connectivity index (χ0v) is 19.7. The monoisotopic (exact) mass is 501 g/mol. The number of guanidine groups is 1. The van der Waals surface area contributed by atoms with Crippen molar-refractivity contribution in [2.75, 3.05) is 41.3 Å². The molecule has 2 N–H and O–H groups in total. The van der Waals surface area contributed by atoms with Crippen LogP contribution >= 0.6 is 24.0 Å². The minimum absolute atomic E-state index is 0. The van der Waals surface area contributed by atoms with Crippen molar-refractivity contribution in [1.29, 1.82) is 0 Å². The molecule has 0 spiro atoms. The molecule has 2 aromatic rings. The number of aromatic nitrogens is 3. The predicted molar refractivity (Wildman–Crippen MR) is 124 cm³/mol. The number of nitrogens with zero attached hydrogens (tertiary/aromatic N) is 5. The van der Waals surface area contributed by atoms with E-state index in [-0.39, 0.29) is 30.0 Å². The van der Waals surface area contributed by atoms with Gasteiger partial charge in [0.25, 0.3) is 0 Å². The lowest BCUT2D eigenvalue weighted by molar-refractivity contribution is 0.298. The molecule has 0 amide bonds. The van der Waals surface area contributed by atoms with Gasteiger partial charge in [-0.05, 0) is 31.8 Å². The summed E-state index contributed by atoms with van der Waals surface area (Å²) in [6.45, 7) is 4.37. The summed E-state index contributed by atoms with van der Waals surface area (Å²) in [5, 5.41) is 14.8. The molecule has 1 aromatic heterocycles. The zero-order chi connectivity index (χ0) is 19.6. The molecule has 1 heterocycles. The van der Waals surface area contributed by atoms with Crippen molar-refractivity contribution in [1.82, 2.24) is 30.3 Å². The molecule has 0 fully saturated rings. The Morgan fingerprint density at radius 1 is 1.25 bits per heavy atom. The van der Waals surface area contributed by atoms with Crippen molar-refractivity contribution in [3.8, 4) is 5.75 Å². The fraction of sp³-hybridized carbons (Fsp3) is 0.526. The lowest BCUT2D eigenvalue weighted by Crippen LogP contribution is -2.42. The summed E-state index contributed by atoms with van der Waals surface area (Å²) in [4.78, 5) is 6.50. The summed E-state index contributed by atoms with van der Waals surface area (Å²) in [6, 6.07) is 8.39. The highest BCUT2D eigenvalue weighted by atomic mass is 127. The van der Waals surface area contributed by atoms with Gasteiger partial charge >= 0.3 is 0 Å². The summed E-state index contributed by atoms with van der Waals surface area (Å²) >= 11 is 0. The minimum atomic E-state index is 0. The van der Waals surface area contributed by atoms with Gasteiger partial charge in [0.15, 0.2) is 5.96 Å². The molecule has 156 valence electrons. The molecular weight excluding hydrogens is 469 g/mol. The molecule has 9 heteroatoms. The van der Waals surface area contributed by atoms with Gasteiger partial charge in [0.2, 0.25) is 0 Å². The molecule has 0 radical (unpaired) electrons. The number of aryl methyl sites for hydroxylation is 1. The Balaban J connectivity index is 0.00000392. The second kappa shape index (κ2) is 12.6. The molecule has 0 bridgehead atoms. The number of nitrogens with one attached hydrogen (secondary N) is 2. The molecule has 0 saturated heterocycles. The quantitative estimate of drug-likeness (QED) is 0.311. The molecule has 2 rings (SSSR count). The summed E-state index contributed by atoms with van der Waals surface area (Å²) in [7, 11) is 7.61. The van der Waals surface area contributed by atoms with E-state index >= 15 is 0 Å². The maximum absolute atomic E-state index is 5.25.